The predicted octanol–water partition coefficient (Wildman–Crippen LogP) is 3.55. The summed E-state index contributed by atoms with van der Waals surface area (Å²) in [5.74, 6) is 0. The van der Waals surface area contributed by atoms with Crippen molar-refractivity contribution in [3.63, 3.8) is 0 Å². The van der Waals surface area contributed by atoms with Gasteiger partial charge in [-0.15, -0.1) is 0 Å². The van der Waals surface area contributed by atoms with E-state index in [4.69, 9.17) is 0 Å². The first-order valence-electron chi connectivity index (χ1n) is 2.32. The SMILES string of the molecule is C=C(I)S/C(C)=C\C. The number of halogens is 1. The predicted molar refractivity (Wildman–Crippen MR) is 50.2 cm³/mol. The molecule has 0 radical (unpaired) electrons. The lowest BCUT2D eigenvalue weighted by molar-refractivity contribution is 1.60. The molecule has 0 atom stereocenters. The van der Waals surface area contributed by atoms with Gasteiger partial charge in [0.15, 0.2) is 0 Å². The zero-order valence-corrected chi connectivity index (χ0v) is 8.04. The molecule has 0 aliphatic heterocycles. The van der Waals surface area contributed by atoms with E-state index >= 15 is 0 Å². The van der Waals surface area contributed by atoms with Gasteiger partial charge < -0.3 is 0 Å². The molecule has 0 spiro atoms. The van der Waals surface area contributed by atoms with Crippen molar-refractivity contribution < 1.29 is 0 Å². The number of hydrogen-bond donors (Lipinski definition) is 0. The summed E-state index contributed by atoms with van der Waals surface area (Å²) in [5, 5.41) is 0. The standard InChI is InChI=1S/C6H9IS/c1-4-5(2)8-6(3)7/h4H,3H2,1-2H3/b5-4-. The number of hydrogen-bond acceptors (Lipinski definition) is 1. The molecule has 0 aromatic rings. The van der Waals surface area contributed by atoms with E-state index in [0.717, 1.165) is 2.91 Å². The minimum absolute atomic E-state index is 1.12. The molecule has 0 rings (SSSR count). The molecule has 0 heterocycles. The summed E-state index contributed by atoms with van der Waals surface area (Å²) >= 11 is 3.92. The molecule has 0 nitrogen and oxygen atoms in total. The van der Waals surface area contributed by atoms with Crippen LogP contribution < -0.4 is 0 Å². The second-order valence-electron chi connectivity index (χ2n) is 1.36. The summed E-state index contributed by atoms with van der Waals surface area (Å²) in [6.07, 6.45) is 2.08. The molecular weight excluding hydrogens is 231 g/mol. The average molecular weight is 240 g/mol. The van der Waals surface area contributed by atoms with Crippen molar-refractivity contribution in [3.8, 4) is 0 Å². The Morgan fingerprint density at radius 3 is 2.38 bits per heavy atom. The summed E-state index contributed by atoms with van der Waals surface area (Å²) in [6.45, 7) is 7.86. The molecule has 0 amide bonds. The van der Waals surface area contributed by atoms with Gasteiger partial charge in [-0.05, 0) is 41.3 Å². The van der Waals surface area contributed by atoms with Crippen LogP contribution in [0.5, 0.6) is 0 Å². The smallest absolute Gasteiger partial charge is 0.0431 e. The molecule has 0 bridgehead atoms. The maximum atomic E-state index is 3.75. The van der Waals surface area contributed by atoms with Crippen LogP contribution in [0.3, 0.4) is 0 Å². The molecular formula is C6H9IS. The van der Waals surface area contributed by atoms with Crippen molar-refractivity contribution >= 4 is 34.4 Å². The van der Waals surface area contributed by atoms with Crippen LogP contribution in [0.2, 0.25) is 0 Å². The van der Waals surface area contributed by atoms with Gasteiger partial charge in [0.25, 0.3) is 0 Å². The average Bonchev–Trinajstić information content (AvgIpc) is 1.65. The van der Waals surface area contributed by atoms with Crippen molar-refractivity contribution in [2.75, 3.05) is 0 Å². The van der Waals surface area contributed by atoms with Gasteiger partial charge in [0.1, 0.15) is 0 Å². The van der Waals surface area contributed by atoms with Gasteiger partial charge in [0, 0.05) is 2.91 Å². The zero-order valence-electron chi connectivity index (χ0n) is 5.07. The molecule has 0 saturated heterocycles. The Morgan fingerprint density at radius 1 is 1.75 bits per heavy atom. The van der Waals surface area contributed by atoms with E-state index in [1.165, 1.54) is 4.91 Å². The van der Waals surface area contributed by atoms with Crippen LogP contribution in [0.1, 0.15) is 13.8 Å². The van der Waals surface area contributed by atoms with E-state index in [9.17, 15) is 0 Å². The largest absolute Gasteiger partial charge is 0.0891 e. The quantitative estimate of drug-likeness (QED) is 0.665. The highest BCUT2D eigenvalue weighted by molar-refractivity contribution is 14.1. The van der Waals surface area contributed by atoms with Crippen LogP contribution in [-0.2, 0) is 0 Å². The van der Waals surface area contributed by atoms with Gasteiger partial charge in [-0.1, -0.05) is 24.4 Å². The Labute approximate surface area is 68.6 Å². The molecule has 8 heavy (non-hydrogen) atoms. The third-order valence-corrected chi connectivity index (χ3v) is 2.12. The second kappa shape index (κ2) is 4.44. The third kappa shape index (κ3) is 4.71. The van der Waals surface area contributed by atoms with Gasteiger partial charge >= 0.3 is 0 Å². The number of allylic oxidation sites excluding steroid dienone is 2. The fourth-order valence-corrected chi connectivity index (χ4v) is 1.74. The normalized spacial score (nSPS) is 11.6. The van der Waals surface area contributed by atoms with Gasteiger partial charge in [0.2, 0.25) is 0 Å². The lowest BCUT2D eigenvalue weighted by Crippen LogP contribution is -1.60. The van der Waals surface area contributed by atoms with Crippen LogP contribution in [0, 0.1) is 0 Å². The van der Waals surface area contributed by atoms with Gasteiger partial charge in [-0.2, -0.15) is 0 Å². The van der Waals surface area contributed by atoms with Crippen molar-refractivity contribution in [1.82, 2.24) is 0 Å². The first-order chi connectivity index (χ1) is 3.66. The number of thioether (sulfide) groups is 1. The van der Waals surface area contributed by atoms with Gasteiger partial charge in [-0.3, -0.25) is 0 Å². The van der Waals surface area contributed by atoms with Crippen molar-refractivity contribution in [1.29, 1.82) is 0 Å². The monoisotopic (exact) mass is 240 g/mol. The molecule has 0 saturated carbocycles. The third-order valence-electron chi connectivity index (χ3n) is 0.678. The molecule has 0 fully saturated rings. The minimum atomic E-state index is 1.12. The van der Waals surface area contributed by atoms with E-state index in [2.05, 4.69) is 42.2 Å². The van der Waals surface area contributed by atoms with Crippen LogP contribution in [0.4, 0.5) is 0 Å². The molecule has 0 aromatic carbocycles. The minimum Gasteiger partial charge on any atom is -0.0891 e. The summed E-state index contributed by atoms with van der Waals surface area (Å²) in [6, 6.07) is 0. The summed E-state index contributed by atoms with van der Waals surface area (Å²) in [5.41, 5.74) is 0. The van der Waals surface area contributed by atoms with Crippen molar-refractivity contribution in [2.24, 2.45) is 0 Å². The second-order valence-corrected chi connectivity index (χ2v) is 4.73. The lowest BCUT2D eigenvalue weighted by atomic mass is 10.6. The van der Waals surface area contributed by atoms with E-state index in [1.54, 1.807) is 11.8 Å². The van der Waals surface area contributed by atoms with Gasteiger partial charge in [-0.25, -0.2) is 0 Å². The highest BCUT2D eigenvalue weighted by atomic mass is 127. The Hall–Kier alpha value is 0.560. The van der Waals surface area contributed by atoms with Crippen molar-refractivity contribution in [3.05, 3.63) is 20.5 Å². The van der Waals surface area contributed by atoms with E-state index in [-0.39, 0.29) is 0 Å². The Balaban J connectivity index is 3.56. The van der Waals surface area contributed by atoms with E-state index in [0.29, 0.717) is 0 Å². The summed E-state index contributed by atoms with van der Waals surface area (Å²) < 4.78 is 1.12. The molecule has 0 aliphatic rings. The Bertz CT molecular complexity index is 116. The lowest BCUT2D eigenvalue weighted by Gasteiger charge is -1.93. The van der Waals surface area contributed by atoms with Crippen LogP contribution >= 0.6 is 34.4 Å². The fraction of sp³-hybridized carbons (Fsp3) is 0.333. The molecule has 0 aliphatic carbocycles. The molecule has 0 N–H and O–H groups in total. The fourth-order valence-electron chi connectivity index (χ4n) is 0.234. The molecule has 2 heteroatoms. The van der Waals surface area contributed by atoms with Crippen molar-refractivity contribution in [2.45, 2.75) is 13.8 Å². The highest BCUT2D eigenvalue weighted by Gasteiger charge is 1.87. The molecule has 0 unspecified atom stereocenters. The molecule has 46 valence electrons. The van der Waals surface area contributed by atoms with E-state index in [1.807, 2.05) is 6.92 Å². The maximum absolute atomic E-state index is 3.75. The highest BCUT2D eigenvalue weighted by Crippen LogP contribution is 2.27. The molecule has 0 aromatic heterocycles. The summed E-state index contributed by atoms with van der Waals surface area (Å²) in [7, 11) is 0. The first-order valence-corrected chi connectivity index (χ1v) is 4.21. The van der Waals surface area contributed by atoms with Gasteiger partial charge in [0.05, 0.1) is 0 Å². The van der Waals surface area contributed by atoms with Crippen LogP contribution in [-0.4, -0.2) is 0 Å². The Kier molecular flexibility index (Phi) is 4.75. The number of rotatable bonds is 2. The zero-order chi connectivity index (χ0) is 6.57. The Morgan fingerprint density at radius 2 is 2.25 bits per heavy atom. The maximum Gasteiger partial charge on any atom is 0.0431 e. The van der Waals surface area contributed by atoms with Crippen LogP contribution in [0.25, 0.3) is 0 Å². The topological polar surface area (TPSA) is 0 Å². The van der Waals surface area contributed by atoms with E-state index < -0.39 is 0 Å². The van der Waals surface area contributed by atoms with Crippen LogP contribution in [0.15, 0.2) is 20.5 Å². The first kappa shape index (κ1) is 8.56. The summed E-state index contributed by atoms with van der Waals surface area (Å²) in [4.78, 5) is 1.31.